The Morgan fingerprint density at radius 1 is 1.52 bits per heavy atom. The zero-order chi connectivity index (χ0) is 15.2. The van der Waals surface area contributed by atoms with Crippen molar-refractivity contribution in [1.29, 1.82) is 0 Å². The second-order valence-corrected chi connectivity index (χ2v) is 5.54. The average Bonchev–Trinajstić information content (AvgIpc) is 2.88. The van der Waals surface area contributed by atoms with Crippen LogP contribution in [-0.4, -0.2) is 43.5 Å². The van der Waals surface area contributed by atoms with Crippen molar-refractivity contribution in [3.8, 4) is 11.8 Å². The normalized spacial score (nSPS) is 18.1. The fourth-order valence-corrected chi connectivity index (χ4v) is 2.64. The van der Waals surface area contributed by atoms with E-state index in [1.54, 1.807) is 0 Å². The van der Waals surface area contributed by atoms with Crippen LogP contribution in [0.5, 0.6) is 0 Å². The number of aryl methyl sites for hydroxylation is 1. The molecule has 0 aromatic heterocycles. The lowest BCUT2D eigenvalue weighted by Gasteiger charge is -2.19. The minimum Gasteiger partial charge on any atom is -0.350 e. The fraction of sp³-hybridized carbons (Fsp3) is 0.471. The summed E-state index contributed by atoms with van der Waals surface area (Å²) in [7, 11) is 2.11. The second-order valence-electron chi connectivity index (χ2n) is 5.54. The molecule has 1 aromatic rings. The third-order valence-corrected chi connectivity index (χ3v) is 3.91. The summed E-state index contributed by atoms with van der Waals surface area (Å²) in [5.74, 6) is 5.73. The van der Waals surface area contributed by atoms with Gasteiger partial charge < -0.3 is 16.0 Å². The first-order valence-electron chi connectivity index (χ1n) is 7.40. The molecule has 0 radical (unpaired) electrons. The Morgan fingerprint density at radius 3 is 3.00 bits per heavy atom. The molecule has 3 N–H and O–H groups in total. The van der Waals surface area contributed by atoms with E-state index in [4.69, 9.17) is 5.73 Å². The number of likely N-dealkylation sites (N-methyl/N-ethyl adjacent to an activating group) is 1. The van der Waals surface area contributed by atoms with Crippen LogP contribution in [-0.2, 0) is 0 Å². The molecule has 0 saturated carbocycles. The van der Waals surface area contributed by atoms with E-state index in [1.807, 2.05) is 25.1 Å². The molecule has 2 rings (SSSR count). The molecule has 1 aliphatic rings. The molecule has 0 spiro atoms. The summed E-state index contributed by atoms with van der Waals surface area (Å²) in [4.78, 5) is 14.7. The summed E-state index contributed by atoms with van der Waals surface area (Å²) in [5.41, 5.74) is 7.84. The highest BCUT2D eigenvalue weighted by Crippen LogP contribution is 2.15. The van der Waals surface area contributed by atoms with Crippen LogP contribution in [0.25, 0.3) is 0 Å². The number of nitrogens with one attached hydrogen (secondary N) is 1. The molecule has 4 nitrogen and oxygen atoms in total. The van der Waals surface area contributed by atoms with Gasteiger partial charge in [0, 0.05) is 18.2 Å². The highest BCUT2D eigenvalue weighted by atomic mass is 16.1. The van der Waals surface area contributed by atoms with Gasteiger partial charge in [-0.3, -0.25) is 4.79 Å². The zero-order valence-corrected chi connectivity index (χ0v) is 12.8. The topological polar surface area (TPSA) is 58.4 Å². The molecule has 21 heavy (non-hydrogen) atoms. The van der Waals surface area contributed by atoms with E-state index in [-0.39, 0.29) is 5.91 Å². The summed E-state index contributed by atoms with van der Waals surface area (Å²) in [6, 6.07) is 6.17. The van der Waals surface area contributed by atoms with Crippen LogP contribution >= 0.6 is 0 Å². The van der Waals surface area contributed by atoms with Crippen molar-refractivity contribution in [2.24, 2.45) is 5.73 Å². The molecule has 0 bridgehead atoms. The largest absolute Gasteiger partial charge is 0.350 e. The van der Waals surface area contributed by atoms with E-state index in [2.05, 4.69) is 29.1 Å². The molecule has 4 heteroatoms. The van der Waals surface area contributed by atoms with Crippen LogP contribution in [0.4, 0.5) is 0 Å². The van der Waals surface area contributed by atoms with Gasteiger partial charge in [0.2, 0.25) is 0 Å². The lowest BCUT2D eigenvalue weighted by atomic mass is 10.0. The van der Waals surface area contributed by atoms with Gasteiger partial charge in [0.05, 0.1) is 12.1 Å². The first-order chi connectivity index (χ1) is 10.1. The van der Waals surface area contributed by atoms with Gasteiger partial charge in [-0.25, -0.2) is 0 Å². The van der Waals surface area contributed by atoms with E-state index < -0.39 is 0 Å². The lowest BCUT2D eigenvalue weighted by molar-refractivity contribution is 0.0943. The average molecular weight is 285 g/mol. The van der Waals surface area contributed by atoms with Crippen LogP contribution in [0.2, 0.25) is 0 Å². The predicted molar refractivity (Wildman–Crippen MR) is 85.1 cm³/mol. The number of hydrogen-bond acceptors (Lipinski definition) is 3. The van der Waals surface area contributed by atoms with Crippen LogP contribution < -0.4 is 11.1 Å². The van der Waals surface area contributed by atoms with E-state index >= 15 is 0 Å². The Morgan fingerprint density at radius 2 is 2.33 bits per heavy atom. The third kappa shape index (κ3) is 4.07. The van der Waals surface area contributed by atoms with E-state index in [9.17, 15) is 4.79 Å². The van der Waals surface area contributed by atoms with Crippen molar-refractivity contribution in [2.75, 3.05) is 26.7 Å². The van der Waals surface area contributed by atoms with Gasteiger partial charge >= 0.3 is 0 Å². The standard InChI is InChI=1S/C17H23N3O/c1-13-7-8-14(5-3-9-18)16(11-13)17(21)19-12-15-6-4-10-20(15)2/h7-8,11,15H,4,6,9-10,12,18H2,1-2H3,(H,19,21). The molecule has 112 valence electrons. The smallest absolute Gasteiger partial charge is 0.252 e. The minimum absolute atomic E-state index is 0.0553. The molecule has 1 saturated heterocycles. The van der Waals surface area contributed by atoms with Crippen molar-refractivity contribution in [2.45, 2.75) is 25.8 Å². The Hall–Kier alpha value is -1.83. The number of likely N-dealkylation sites (tertiary alicyclic amines) is 1. The molecule has 1 atom stereocenters. The molecule has 1 aromatic carbocycles. The van der Waals surface area contributed by atoms with Crippen molar-refractivity contribution in [3.05, 3.63) is 34.9 Å². The second kappa shape index (κ2) is 7.26. The SMILES string of the molecule is Cc1ccc(C#CCN)c(C(=O)NCC2CCCN2C)c1. The summed E-state index contributed by atoms with van der Waals surface area (Å²) in [6.45, 7) is 4.06. The van der Waals surface area contributed by atoms with Gasteiger partial charge in [-0.1, -0.05) is 23.5 Å². The van der Waals surface area contributed by atoms with Gasteiger partial charge in [-0.15, -0.1) is 0 Å². The molecular formula is C17H23N3O. The number of benzene rings is 1. The summed E-state index contributed by atoms with van der Waals surface area (Å²) in [6.07, 6.45) is 2.35. The molecule has 1 fully saturated rings. The number of carbonyl (C=O) groups excluding carboxylic acids is 1. The minimum atomic E-state index is -0.0553. The van der Waals surface area contributed by atoms with Crippen molar-refractivity contribution >= 4 is 5.91 Å². The highest BCUT2D eigenvalue weighted by Gasteiger charge is 2.21. The van der Waals surface area contributed by atoms with Gasteiger partial charge in [0.25, 0.3) is 5.91 Å². The number of rotatable bonds is 3. The highest BCUT2D eigenvalue weighted by molar-refractivity contribution is 5.97. The Kier molecular flexibility index (Phi) is 5.38. The quantitative estimate of drug-likeness (QED) is 0.819. The Bertz CT molecular complexity index is 571. The summed E-state index contributed by atoms with van der Waals surface area (Å²) >= 11 is 0. The van der Waals surface area contributed by atoms with Gasteiger partial charge in [0.15, 0.2) is 0 Å². The maximum atomic E-state index is 12.4. The number of nitrogens with zero attached hydrogens (tertiary/aromatic N) is 1. The summed E-state index contributed by atoms with van der Waals surface area (Å²) in [5, 5.41) is 3.04. The van der Waals surface area contributed by atoms with Crippen LogP contribution in [0.3, 0.4) is 0 Å². The first-order valence-corrected chi connectivity index (χ1v) is 7.40. The molecule has 1 unspecified atom stereocenters. The Labute approximate surface area is 126 Å². The zero-order valence-electron chi connectivity index (χ0n) is 12.8. The van der Waals surface area contributed by atoms with Crippen LogP contribution in [0, 0.1) is 18.8 Å². The number of hydrogen-bond donors (Lipinski definition) is 2. The van der Waals surface area contributed by atoms with E-state index in [0.717, 1.165) is 24.1 Å². The van der Waals surface area contributed by atoms with Crippen LogP contribution in [0.15, 0.2) is 18.2 Å². The van der Waals surface area contributed by atoms with Crippen molar-refractivity contribution in [1.82, 2.24) is 10.2 Å². The monoisotopic (exact) mass is 285 g/mol. The predicted octanol–water partition coefficient (Wildman–Crippen LogP) is 1.13. The molecular weight excluding hydrogens is 262 g/mol. The van der Waals surface area contributed by atoms with Crippen molar-refractivity contribution in [3.63, 3.8) is 0 Å². The lowest BCUT2D eigenvalue weighted by Crippen LogP contribution is -2.38. The van der Waals surface area contributed by atoms with Gasteiger partial charge in [0.1, 0.15) is 0 Å². The third-order valence-electron chi connectivity index (χ3n) is 3.91. The molecule has 1 amide bonds. The summed E-state index contributed by atoms with van der Waals surface area (Å²) < 4.78 is 0. The number of carbonyl (C=O) groups is 1. The van der Waals surface area contributed by atoms with Crippen molar-refractivity contribution < 1.29 is 4.79 Å². The maximum absolute atomic E-state index is 12.4. The number of amides is 1. The molecule has 1 aliphatic heterocycles. The number of nitrogens with two attached hydrogens (primary N) is 1. The fourth-order valence-electron chi connectivity index (χ4n) is 2.64. The molecule has 0 aliphatic carbocycles. The van der Waals surface area contributed by atoms with E-state index in [1.165, 1.54) is 6.42 Å². The molecule has 1 heterocycles. The van der Waals surface area contributed by atoms with Gasteiger partial charge in [-0.05, 0) is 45.5 Å². The maximum Gasteiger partial charge on any atom is 0.252 e. The van der Waals surface area contributed by atoms with E-state index in [0.29, 0.717) is 24.7 Å². The van der Waals surface area contributed by atoms with Crippen LogP contribution in [0.1, 0.15) is 34.3 Å². The van der Waals surface area contributed by atoms with Gasteiger partial charge in [-0.2, -0.15) is 0 Å². The Balaban J connectivity index is 2.08. The first kappa shape index (κ1) is 15.6.